The molecule has 66 heavy (non-hydrogen) atoms. The second-order valence-corrected chi connectivity index (χ2v) is 13.3. The second-order valence-electron chi connectivity index (χ2n) is 13.3. The quantitative estimate of drug-likeness (QED) is 0.0505. The van der Waals surface area contributed by atoms with Gasteiger partial charge in [0.1, 0.15) is 11.4 Å². The average molecular weight is 939 g/mol. The molecule has 0 heterocycles. The summed E-state index contributed by atoms with van der Waals surface area (Å²) in [5.41, 5.74) is -0.654. The van der Waals surface area contributed by atoms with Gasteiger partial charge in [-0.15, -0.1) is 33.0 Å². The van der Waals surface area contributed by atoms with Crippen LogP contribution < -0.4 is 29.6 Å². The maximum atomic E-state index is 11.2. The van der Waals surface area contributed by atoms with Crippen LogP contribution in [0.4, 0.5) is 68.2 Å². The third-order valence-corrected chi connectivity index (χ3v) is 9.21. The second kappa shape index (κ2) is 21.9. The van der Waals surface area contributed by atoms with E-state index in [-0.39, 0.29) is 46.3 Å². The molecule has 0 aromatic heterocycles. The number of nitrogens with zero attached hydrogens (tertiary/aromatic N) is 10. The van der Waals surface area contributed by atoms with Crippen LogP contribution in [-0.2, 0) is 16.8 Å². The van der Waals surface area contributed by atoms with Crippen molar-refractivity contribution in [2.24, 2.45) is 20.5 Å². The van der Waals surface area contributed by atoms with Crippen molar-refractivity contribution in [3.05, 3.63) is 209 Å². The number of phenolic OH excluding ortho intramolecular Hbond substituents is 2. The van der Waals surface area contributed by atoms with Crippen LogP contribution in [0.2, 0.25) is 0 Å². The van der Waals surface area contributed by atoms with Crippen molar-refractivity contribution in [3.8, 4) is 11.5 Å². The zero-order valence-corrected chi connectivity index (χ0v) is 37.0. The van der Waals surface area contributed by atoms with Gasteiger partial charge in [-0.05, 0) is 10.8 Å². The van der Waals surface area contributed by atoms with Crippen LogP contribution in [0.25, 0.3) is 32.2 Å². The molecule has 0 unspecified atom stereocenters. The molecule has 325 valence electrons. The van der Waals surface area contributed by atoms with E-state index in [0.29, 0.717) is 57.0 Å². The van der Waals surface area contributed by atoms with Crippen molar-refractivity contribution in [1.82, 2.24) is 0 Å². The summed E-state index contributed by atoms with van der Waals surface area (Å²) in [7, 11) is 0. The molecule has 0 aliphatic rings. The first-order chi connectivity index (χ1) is 30.9. The standard InChI is InChI=1S/2C22H14N5O5.Co.Na/c2*28-22-19(12-16(26(29)30)13-20(22)27(31)32)24-25-21-17-9-5-4-6-14(17)10-11-18(21)23-15-7-2-1-3-8-15;;/h2*1-13H,(H-,23,24,25,28);;/q2*-1;;+1. The summed E-state index contributed by atoms with van der Waals surface area (Å²) >= 11 is 0. The van der Waals surface area contributed by atoms with E-state index < -0.39 is 65.3 Å². The molecule has 0 atom stereocenters. The summed E-state index contributed by atoms with van der Waals surface area (Å²) < 4.78 is 0. The van der Waals surface area contributed by atoms with Crippen LogP contribution in [0.15, 0.2) is 178 Å². The first-order valence-corrected chi connectivity index (χ1v) is 18.6. The molecule has 20 nitrogen and oxygen atoms in total. The molecule has 8 aromatic rings. The van der Waals surface area contributed by atoms with Gasteiger partial charge in [0, 0.05) is 39.7 Å². The van der Waals surface area contributed by atoms with E-state index >= 15 is 0 Å². The van der Waals surface area contributed by atoms with Gasteiger partial charge in [0.25, 0.3) is 11.4 Å². The number of hydrogen-bond acceptors (Lipinski definition) is 14. The van der Waals surface area contributed by atoms with Crippen LogP contribution in [0.5, 0.6) is 11.5 Å². The zero-order chi connectivity index (χ0) is 45.3. The van der Waals surface area contributed by atoms with Crippen molar-refractivity contribution < 1.29 is 76.2 Å². The molecule has 0 fully saturated rings. The van der Waals surface area contributed by atoms with Crippen LogP contribution in [0.3, 0.4) is 0 Å². The molecular weight excluding hydrogens is 910 g/mol. The van der Waals surface area contributed by atoms with Gasteiger partial charge in [-0.3, -0.25) is 40.5 Å². The number of benzene rings is 8. The van der Waals surface area contributed by atoms with E-state index in [0.717, 1.165) is 22.9 Å². The van der Waals surface area contributed by atoms with Gasteiger partial charge >= 0.3 is 40.9 Å². The van der Waals surface area contributed by atoms with Gasteiger partial charge in [-0.1, -0.05) is 133 Å². The summed E-state index contributed by atoms with van der Waals surface area (Å²) in [6.45, 7) is 0. The fraction of sp³-hybridized carbons (Fsp3) is 0. The first-order valence-electron chi connectivity index (χ1n) is 18.6. The largest absolute Gasteiger partial charge is 1.00 e. The Morgan fingerprint density at radius 2 is 0.773 bits per heavy atom. The Hall–Kier alpha value is -8.21. The molecule has 0 saturated carbocycles. The Kier molecular flexibility index (Phi) is 16.2. The van der Waals surface area contributed by atoms with E-state index in [1.807, 2.05) is 121 Å². The summed E-state index contributed by atoms with van der Waals surface area (Å²) in [5.74, 6) is -1.63. The number of azo groups is 2. The summed E-state index contributed by atoms with van der Waals surface area (Å²) in [5, 5.41) is 93.6. The molecule has 1 radical (unpaired) electrons. The minimum atomic E-state index is -0.921. The number of nitro benzene ring substituents is 4. The van der Waals surface area contributed by atoms with Crippen molar-refractivity contribution in [1.29, 1.82) is 0 Å². The fourth-order valence-electron chi connectivity index (χ4n) is 6.19. The Bertz CT molecular complexity index is 2970. The minimum Gasteiger partial charge on any atom is -0.656 e. The van der Waals surface area contributed by atoms with E-state index in [4.69, 9.17) is 0 Å². The van der Waals surface area contributed by atoms with Crippen LogP contribution in [0.1, 0.15) is 0 Å². The number of fused-ring (bicyclic) bond motifs is 2. The number of para-hydroxylation sites is 2. The number of phenols is 2. The number of aromatic hydroxyl groups is 2. The summed E-state index contributed by atoms with van der Waals surface area (Å²) in [6, 6.07) is 43.4. The van der Waals surface area contributed by atoms with E-state index in [9.17, 15) is 50.7 Å². The predicted molar refractivity (Wildman–Crippen MR) is 237 cm³/mol. The predicted octanol–water partition coefficient (Wildman–Crippen LogP) is 11.2. The van der Waals surface area contributed by atoms with Crippen molar-refractivity contribution in [3.63, 3.8) is 0 Å². The van der Waals surface area contributed by atoms with E-state index in [1.54, 1.807) is 12.1 Å². The van der Waals surface area contributed by atoms with Crippen LogP contribution >= 0.6 is 0 Å². The van der Waals surface area contributed by atoms with Crippen molar-refractivity contribution >= 4 is 89.8 Å². The van der Waals surface area contributed by atoms with E-state index in [1.165, 1.54) is 0 Å². The third kappa shape index (κ3) is 11.3. The minimum absolute atomic E-state index is 0. The number of rotatable bonds is 12. The molecule has 0 aliphatic carbocycles. The molecule has 0 bridgehead atoms. The molecule has 8 aromatic carbocycles. The maximum absolute atomic E-state index is 11.2. The number of nitro groups is 4. The zero-order valence-electron chi connectivity index (χ0n) is 34.0. The topological polar surface area (TPSA) is 291 Å². The average Bonchev–Trinajstić information content (AvgIpc) is 3.29. The normalized spacial score (nSPS) is 10.7. The number of hydrogen-bond donors (Lipinski definition) is 2. The van der Waals surface area contributed by atoms with Gasteiger partial charge < -0.3 is 20.8 Å². The van der Waals surface area contributed by atoms with Crippen molar-refractivity contribution in [2.45, 2.75) is 0 Å². The van der Waals surface area contributed by atoms with Gasteiger partial charge in [0.05, 0.1) is 43.2 Å². The number of non-ortho nitro benzene ring substituents is 2. The molecule has 0 aliphatic heterocycles. The Balaban J connectivity index is 0.000000240. The third-order valence-electron chi connectivity index (χ3n) is 9.21. The van der Waals surface area contributed by atoms with Gasteiger partial charge in [-0.25, -0.2) is 0 Å². The van der Waals surface area contributed by atoms with Crippen LogP contribution in [-0.4, -0.2) is 29.9 Å². The summed E-state index contributed by atoms with van der Waals surface area (Å²) in [4.78, 5) is 41.2. The molecular formula is C44H28CoN10NaO10-. The van der Waals surface area contributed by atoms with E-state index in [2.05, 4.69) is 31.1 Å². The Morgan fingerprint density at radius 3 is 1.12 bits per heavy atom. The van der Waals surface area contributed by atoms with Gasteiger partial charge in [-0.2, -0.15) is 10.2 Å². The van der Waals surface area contributed by atoms with Crippen LogP contribution in [0, 0.1) is 40.5 Å². The monoisotopic (exact) mass is 938 g/mol. The molecule has 0 spiro atoms. The SMILES string of the molecule is O=[N+]([O-])c1cc(N=Nc2c([N-]c3ccccc3)ccc3ccccc23)c(O)c([N+](=O)[O-])c1.O=[N+]([O-])c1cc(N=Nc2c([N-]c3ccccc3)ccc3ccccc23)c(O)c([N+](=O)[O-])c1.[Co].[Na+]. The van der Waals surface area contributed by atoms with Crippen molar-refractivity contribution in [2.75, 3.05) is 0 Å². The molecule has 0 saturated heterocycles. The summed E-state index contributed by atoms with van der Waals surface area (Å²) in [6.07, 6.45) is 0. The van der Waals surface area contributed by atoms with Gasteiger partial charge in [0.15, 0.2) is 0 Å². The fourth-order valence-corrected chi connectivity index (χ4v) is 6.19. The Morgan fingerprint density at radius 1 is 0.424 bits per heavy atom. The first kappa shape index (κ1) is 48.8. The smallest absolute Gasteiger partial charge is 0.656 e. The molecule has 8 rings (SSSR count). The molecule has 0 amide bonds. The molecule has 22 heteroatoms. The Labute approximate surface area is 404 Å². The molecule has 2 N–H and O–H groups in total. The van der Waals surface area contributed by atoms with Gasteiger partial charge in [0.2, 0.25) is 11.5 Å². The maximum Gasteiger partial charge on any atom is 1.00 e.